The Bertz CT molecular complexity index is 596. The predicted octanol–water partition coefficient (Wildman–Crippen LogP) is 1.76. The van der Waals surface area contributed by atoms with E-state index in [-0.39, 0.29) is 11.5 Å². The van der Waals surface area contributed by atoms with Crippen molar-refractivity contribution >= 4 is 15.6 Å². The largest absolute Gasteiger partial charge is 0.494 e. The first-order valence-electron chi connectivity index (χ1n) is 6.86. The molecule has 118 valence electrons. The number of ketones is 1. The number of nitrogens with zero attached hydrogens (tertiary/aromatic N) is 1. The summed E-state index contributed by atoms with van der Waals surface area (Å²) >= 11 is 0. The van der Waals surface area contributed by atoms with E-state index in [0.29, 0.717) is 25.3 Å². The molecule has 0 fully saturated rings. The Morgan fingerprint density at radius 3 is 2.52 bits per heavy atom. The molecule has 0 bridgehead atoms. The Morgan fingerprint density at radius 1 is 1.33 bits per heavy atom. The van der Waals surface area contributed by atoms with Crippen LogP contribution in [0.1, 0.15) is 29.8 Å². The smallest absolute Gasteiger partial charge is 0.159 e. The van der Waals surface area contributed by atoms with Crippen molar-refractivity contribution in [1.29, 1.82) is 0 Å². The molecular weight excluding hydrogens is 290 g/mol. The first kappa shape index (κ1) is 17.7. The van der Waals surface area contributed by atoms with Crippen LogP contribution in [0.25, 0.3) is 0 Å². The Hall–Kier alpha value is -1.40. The Labute approximate surface area is 126 Å². The molecule has 0 saturated carbocycles. The van der Waals surface area contributed by atoms with Gasteiger partial charge in [0.25, 0.3) is 0 Å². The van der Waals surface area contributed by atoms with E-state index in [0.717, 1.165) is 11.3 Å². The van der Waals surface area contributed by atoms with Gasteiger partial charge in [-0.3, -0.25) is 4.79 Å². The molecule has 0 heterocycles. The fourth-order valence-electron chi connectivity index (χ4n) is 1.91. The number of benzene rings is 1. The highest BCUT2D eigenvalue weighted by atomic mass is 32.2. The number of ether oxygens (including phenoxy) is 1. The number of rotatable bonds is 8. The minimum Gasteiger partial charge on any atom is -0.494 e. The second kappa shape index (κ2) is 7.56. The summed E-state index contributed by atoms with van der Waals surface area (Å²) in [5, 5.41) is 0. The van der Waals surface area contributed by atoms with Crippen LogP contribution >= 0.6 is 0 Å². The number of sulfone groups is 1. The van der Waals surface area contributed by atoms with E-state index in [1.54, 1.807) is 12.1 Å². The molecule has 1 aromatic rings. The van der Waals surface area contributed by atoms with Gasteiger partial charge in [-0.25, -0.2) is 8.42 Å². The van der Waals surface area contributed by atoms with E-state index < -0.39 is 9.84 Å². The average molecular weight is 313 g/mol. The molecule has 5 nitrogen and oxygen atoms in total. The molecule has 0 atom stereocenters. The maximum atomic E-state index is 11.5. The van der Waals surface area contributed by atoms with E-state index in [1.807, 2.05) is 24.9 Å². The van der Waals surface area contributed by atoms with Gasteiger partial charge in [0, 0.05) is 30.5 Å². The van der Waals surface area contributed by atoms with Crippen molar-refractivity contribution in [3.05, 3.63) is 29.3 Å². The number of carbonyl (C=O) groups excluding carboxylic acids is 1. The maximum Gasteiger partial charge on any atom is 0.159 e. The lowest BCUT2D eigenvalue weighted by Gasteiger charge is -2.19. The van der Waals surface area contributed by atoms with Crippen molar-refractivity contribution in [3.8, 4) is 5.75 Å². The molecule has 0 aliphatic heterocycles. The number of hydrogen-bond acceptors (Lipinski definition) is 5. The van der Waals surface area contributed by atoms with Gasteiger partial charge in [-0.2, -0.15) is 0 Å². The molecule has 0 amide bonds. The second-order valence-electron chi connectivity index (χ2n) is 5.18. The lowest BCUT2D eigenvalue weighted by molar-refractivity contribution is 0.101. The van der Waals surface area contributed by atoms with Crippen molar-refractivity contribution < 1.29 is 17.9 Å². The second-order valence-corrected chi connectivity index (χ2v) is 7.44. The lowest BCUT2D eigenvalue weighted by Crippen LogP contribution is -2.25. The van der Waals surface area contributed by atoms with Gasteiger partial charge >= 0.3 is 0 Å². The van der Waals surface area contributed by atoms with Gasteiger partial charge in [0.1, 0.15) is 15.6 Å². The van der Waals surface area contributed by atoms with Crippen LogP contribution in [0.2, 0.25) is 0 Å². The average Bonchev–Trinajstić information content (AvgIpc) is 2.37. The van der Waals surface area contributed by atoms with Gasteiger partial charge in [-0.15, -0.1) is 0 Å². The number of carbonyl (C=O) groups is 1. The Kier molecular flexibility index (Phi) is 6.36. The molecule has 0 aliphatic rings. The van der Waals surface area contributed by atoms with Crippen LogP contribution in [0.4, 0.5) is 0 Å². The summed E-state index contributed by atoms with van der Waals surface area (Å²) < 4.78 is 28.0. The highest BCUT2D eigenvalue weighted by Gasteiger charge is 2.11. The van der Waals surface area contributed by atoms with Gasteiger partial charge < -0.3 is 9.64 Å². The molecule has 0 aliphatic carbocycles. The predicted molar refractivity (Wildman–Crippen MR) is 83.7 cm³/mol. The van der Waals surface area contributed by atoms with Crippen LogP contribution in [0.3, 0.4) is 0 Å². The molecule has 6 heteroatoms. The highest BCUT2D eigenvalue weighted by Crippen LogP contribution is 2.22. The minimum absolute atomic E-state index is 0.00177. The summed E-state index contributed by atoms with van der Waals surface area (Å²) in [6.07, 6.45) is 1.23. The number of hydrogen-bond donors (Lipinski definition) is 0. The van der Waals surface area contributed by atoms with Gasteiger partial charge in [-0.1, -0.05) is 0 Å². The molecule has 1 aromatic carbocycles. The molecule has 0 radical (unpaired) electrons. The first-order chi connectivity index (χ1) is 9.73. The van der Waals surface area contributed by atoms with Crippen molar-refractivity contribution in [2.45, 2.75) is 20.4 Å². The third-order valence-electron chi connectivity index (χ3n) is 3.05. The Balaban J connectivity index is 2.87. The third-order valence-corrected chi connectivity index (χ3v) is 3.98. The molecular formula is C15H23NO4S. The lowest BCUT2D eigenvalue weighted by atomic mass is 10.1. The quantitative estimate of drug-likeness (QED) is 0.684. The third kappa shape index (κ3) is 6.27. The highest BCUT2D eigenvalue weighted by molar-refractivity contribution is 7.90. The topological polar surface area (TPSA) is 63.7 Å². The summed E-state index contributed by atoms with van der Waals surface area (Å²) in [5.41, 5.74) is 1.52. The Morgan fingerprint density at radius 2 is 2.00 bits per heavy atom. The van der Waals surface area contributed by atoms with E-state index >= 15 is 0 Å². The van der Waals surface area contributed by atoms with Crippen LogP contribution in [0, 0.1) is 0 Å². The fourth-order valence-corrected chi connectivity index (χ4v) is 2.55. The zero-order valence-corrected chi connectivity index (χ0v) is 13.9. The zero-order chi connectivity index (χ0) is 16.0. The maximum absolute atomic E-state index is 11.5. The van der Waals surface area contributed by atoms with Crippen molar-refractivity contribution in [1.82, 2.24) is 4.90 Å². The summed E-state index contributed by atoms with van der Waals surface area (Å²) in [6, 6.07) is 5.34. The van der Waals surface area contributed by atoms with Crippen LogP contribution in [0.5, 0.6) is 5.75 Å². The van der Waals surface area contributed by atoms with Crippen LogP contribution in [0.15, 0.2) is 18.2 Å². The van der Waals surface area contributed by atoms with Gasteiger partial charge in [-0.05, 0) is 39.1 Å². The fraction of sp³-hybridized carbons (Fsp3) is 0.533. The monoisotopic (exact) mass is 313 g/mol. The molecule has 0 aromatic heterocycles. The molecule has 21 heavy (non-hydrogen) atoms. The summed E-state index contributed by atoms with van der Waals surface area (Å²) in [5.74, 6) is 0.839. The van der Waals surface area contributed by atoms with Gasteiger partial charge in [0.05, 0.1) is 12.4 Å². The first-order valence-corrected chi connectivity index (χ1v) is 8.92. The van der Waals surface area contributed by atoms with Crippen molar-refractivity contribution in [3.63, 3.8) is 0 Å². The normalized spacial score (nSPS) is 11.7. The van der Waals surface area contributed by atoms with E-state index in [1.165, 1.54) is 13.2 Å². The summed E-state index contributed by atoms with van der Waals surface area (Å²) in [6.45, 7) is 4.93. The van der Waals surface area contributed by atoms with Crippen LogP contribution in [-0.4, -0.2) is 51.3 Å². The summed E-state index contributed by atoms with van der Waals surface area (Å²) in [4.78, 5) is 13.4. The van der Waals surface area contributed by atoms with Gasteiger partial charge in [0.15, 0.2) is 5.78 Å². The summed E-state index contributed by atoms with van der Waals surface area (Å²) in [7, 11) is -1.13. The molecule has 1 rings (SSSR count). The van der Waals surface area contributed by atoms with E-state index in [9.17, 15) is 13.2 Å². The molecule has 0 spiro atoms. The molecule has 0 unspecified atom stereocenters. The number of Topliss-reactive ketones (excluding diaryl/α,β-unsaturated/α-hetero) is 1. The standard InChI is InChI=1S/C15H23NO4S/c1-5-20-15-7-6-13(12(2)17)10-14(15)11-16(3)8-9-21(4,18)19/h6-7,10H,5,8-9,11H2,1-4H3. The van der Waals surface area contributed by atoms with Crippen molar-refractivity contribution in [2.24, 2.45) is 0 Å². The van der Waals surface area contributed by atoms with Crippen LogP contribution < -0.4 is 4.74 Å². The zero-order valence-electron chi connectivity index (χ0n) is 13.0. The minimum atomic E-state index is -2.98. The van der Waals surface area contributed by atoms with Crippen molar-refractivity contribution in [2.75, 3.05) is 32.2 Å². The molecule has 0 N–H and O–H groups in total. The van der Waals surface area contributed by atoms with E-state index in [2.05, 4.69) is 0 Å². The van der Waals surface area contributed by atoms with Gasteiger partial charge in [0.2, 0.25) is 0 Å². The SMILES string of the molecule is CCOc1ccc(C(C)=O)cc1CN(C)CCS(C)(=O)=O. The molecule has 0 saturated heterocycles. The van der Waals surface area contributed by atoms with Crippen LogP contribution in [-0.2, 0) is 16.4 Å². The van der Waals surface area contributed by atoms with E-state index in [4.69, 9.17) is 4.74 Å².